The summed E-state index contributed by atoms with van der Waals surface area (Å²) in [6, 6.07) is 13.8. The van der Waals surface area contributed by atoms with E-state index in [-0.39, 0.29) is 17.4 Å². The number of hydrogen-bond acceptors (Lipinski definition) is 4. The normalized spacial score (nSPS) is 10.4. The number of thiophene rings is 1. The van der Waals surface area contributed by atoms with Gasteiger partial charge in [0.15, 0.2) is 0 Å². The summed E-state index contributed by atoms with van der Waals surface area (Å²) in [7, 11) is 0. The second kappa shape index (κ2) is 8.60. The van der Waals surface area contributed by atoms with Crippen molar-refractivity contribution in [3.05, 3.63) is 58.3 Å². The summed E-state index contributed by atoms with van der Waals surface area (Å²) in [4.78, 5) is 25.8. The van der Waals surface area contributed by atoms with Crippen LogP contribution in [0.1, 0.15) is 10.4 Å². The van der Waals surface area contributed by atoms with Gasteiger partial charge in [-0.2, -0.15) is 0 Å². The molecule has 0 radical (unpaired) electrons. The van der Waals surface area contributed by atoms with Crippen molar-refractivity contribution in [2.24, 2.45) is 0 Å². The Morgan fingerprint density at radius 2 is 1.82 bits per heavy atom. The molecular formula is C16H17NO3S2. The average molecular weight is 335 g/mol. The van der Waals surface area contributed by atoms with Crippen LogP contribution in [0.15, 0.2) is 47.8 Å². The standard InChI is InChI=1S/C16H17NO3S2/c18-15(11-21-12-16(19)20)17(10-14-7-4-8-22-14)9-13-5-2-1-3-6-13/h1-8H,9-12H2,(H,19,20). The number of carboxylic acid groups (broad SMARTS) is 1. The highest BCUT2D eigenvalue weighted by molar-refractivity contribution is 8.00. The second-order valence-corrected chi connectivity index (χ2v) is 6.72. The van der Waals surface area contributed by atoms with Crippen LogP contribution in [0.2, 0.25) is 0 Å². The first-order chi connectivity index (χ1) is 10.6. The molecule has 0 fully saturated rings. The maximum atomic E-state index is 12.4. The van der Waals surface area contributed by atoms with E-state index in [9.17, 15) is 9.59 Å². The zero-order chi connectivity index (χ0) is 15.8. The molecule has 0 aliphatic carbocycles. The molecule has 1 N–H and O–H groups in total. The lowest BCUT2D eigenvalue weighted by Gasteiger charge is -2.22. The number of carboxylic acids is 1. The van der Waals surface area contributed by atoms with Gasteiger partial charge in [-0.3, -0.25) is 9.59 Å². The minimum Gasteiger partial charge on any atom is -0.481 e. The van der Waals surface area contributed by atoms with E-state index >= 15 is 0 Å². The number of aliphatic carboxylic acids is 1. The van der Waals surface area contributed by atoms with Crippen molar-refractivity contribution in [1.82, 2.24) is 4.90 Å². The van der Waals surface area contributed by atoms with Gasteiger partial charge >= 0.3 is 5.97 Å². The van der Waals surface area contributed by atoms with Crippen molar-refractivity contribution >= 4 is 35.0 Å². The summed E-state index contributed by atoms with van der Waals surface area (Å²) in [5.41, 5.74) is 1.07. The van der Waals surface area contributed by atoms with E-state index in [2.05, 4.69) is 0 Å². The van der Waals surface area contributed by atoms with E-state index < -0.39 is 5.97 Å². The van der Waals surface area contributed by atoms with Gasteiger partial charge in [0.05, 0.1) is 18.1 Å². The van der Waals surface area contributed by atoms with Crippen LogP contribution in [0.25, 0.3) is 0 Å². The Morgan fingerprint density at radius 1 is 1.05 bits per heavy atom. The Hall–Kier alpha value is -1.79. The average Bonchev–Trinajstić information content (AvgIpc) is 3.00. The smallest absolute Gasteiger partial charge is 0.313 e. The zero-order valence-corrected chi connectivity index (χ0v) is 13.6. The van der Waals surface area contributed by atoms with Crippen LogP contribution in [-0.4, -0.2) is 33.4 Å². The summed E-state index contributed by atoms with van der Waals surface area (Å²) in [6.45, 7) is 1.09. The SMILES string of the molecule is O=C(O)CSCC(=O)N(Cc1ccccc1)Cc1cccs1. The van der Waals surface area contributed by atoms with Crippen molar-refractivity contribution in [2.45, 2.75) is 13.1 Å². The number of nitrogens with zero attached hydrogens (tertiary/aromatic N) is 1. The second-order valence-electron chi connectivity index (χ2n) is 4.70. The molecule has 0 saturated carbocycles. The molecular weight excluding hydrogens is 318 g/mol. The molecule has 1 amide bonds. The van der Waals surface area contributed by atoms with E-state index in [1.54, 1.807) is 16.2 Å². The molecule has 0 unspecified atom stereocenters. The van der Waals surface area contributed by atoms with Crippen molar-refractivity contribution in [3.63, 3.8) is 0 Å². The molecule has 0 atom stereocenters. The van der Waals surface area contributed by atoms with E-state index in [0.717, 1.165) is 22.2 Å². The van der Waals surface area contributed by atoms with Crippen molar-refractivity contribution in [3.8, 4) is 0 Å². The van der Waals surface area contributed by atoms with Crippen LogP contribution in [0.4, 0.5) is 0 Å². The Kier molecular flexibility index (Phi) is 6.48. The third kappa shape index (κ3) is 5.54. The number of thioether (sulfide) groups is 1. The molecule has 1 aromatic heterocycles. The Balaban J connectivity index is 2.00. The Labute approximate surface area is 137 Å². The van der Waals surface area contributed by atoms with Gasteiger partial charge in [-0.05, 0) is 17.0 Å². The first kappa shape index (κ1) is 16.6. The topological polar surface area (TPSA) is 57.6 Å². The molecule has 0 bridgehead atoms. The Morgan fingerprint density at radius 3 is 2.45 bits per heavy atom. The maximum absolute atomic E-state index is 12.4. The lowest BCUT2D eigenvalue weighted by atomic mass is 10.2. The van der Waals surface area contributed by atoms with Crippen molar-refractivity contribution < 1.29 is 14.7 Å². The maximum Gasteiger partial charge on any atom is 0.313 e. The Bertz CT molecular complexity index is 599. The van der Waals surface area contributed by atoms with E-state index in [1.807, 2.05) is 47.8 Å². The molecule has 22 heavy (non-hydrogen) atoms. The molecule has 0 spiro atoms. The molecule has 116 valence electrons. The van der Waals surface area contributed by atoms with Gasteiger partial charge in [0.2, 0.25) is 5.91 Å². The summed E-state index contributed by atoms with van der Waals surface area (Å²) >= 11 is 2.75. The largest absolute Gasteiger partial charge is 0.481 e. The quantitative estimate of drug-likeness (QED) is 0.805. The van der Waals surface area contributed by atoms with E-state index in [0.29, 0.717) is 13.1 Å². The van der Waals surface area contributed by atoms with Crippen molar-refractivity contribution in [1.29, 1.82) is 0 Å². The fourth-order valence-electron chi connectivity index (χ4n) is 1.94. The highest BCUT2D eigenvalue weighted by Crippen LogP contribution is 2.16. The number of rotatable bonds is 8. The molecule has 6 heteroatoms. The number of benzene rings is 1. The predicted octanol–water partition coefficient (Wildman–Crippen LogP) is 3.09. The highest BCUT2D eigenvalue weighted by atomic mass is 32.2. The van der Waals surface area contributed by atoms with Gasteiger partial charge in [-0.15, -0.1) is 23.1 Å². The zero-order valence-electron chi connectivity index (χ0n) is 12.0. The first-order valence-electron chi connectivity index (χ1n) is 6.79. The van der Waals surface area contributed by atoms with E-state index in [1.165, 1.54) is 0 Å². The fraction of sp³-hybridized carbons (Fsp3) is 0.250. The van der Waals surface area contributed by atoms with Crippen LogP contribution in [0.3, 0.4) is 0 Å². The molecule has 0 aliphatic heterocycles. The summed E-state index contributed by atoms with van der Waals surface area (Å²) in [6.07, 6.45) is 0. The van der Waals surface area contributed by atoms with E-state index in [4.69, 9.17) is 5.11 Å². The third-order valence-corrected chi connectivity index (χ3v) is 4.71. The molecule has 2 aromatic rings. The number of amides is 1. The molecule has 1 heterocycles. The van der Waals surface area contributed by atoms with Gasteiger partial charge in [-0.25, -0.2) is 0 Å². The minimum absolute atomic E-state index is 0.0384. The van der Waals surface area contributed by atoms with Crippen LogP contribution in [0.5, 0.6) is 0 Å². The molecule has 4 nitrogen and oxygen atoms in total. The molecule has 0 aliphatic rings. The van der Waals surface area contributed by atoms with Gasteiger partial charge in [0.25, 0.3) is 0 Å². The molecule has 0 saturated heterocycles. The van der Waals surface area contributed by atoms with Crippen LogP contribution < -0.4 is 0 Å². The van der Waals surface area contributed by atoms with Crippen LogP contribution >= 0.6 is 23.1 Å². The van der Waals surface area contributed by atoms with Gasteiger partial charge < -0.3 is 10.0 Å². The van der Waals surface area contributed by atoms with Gasteiger partial charge in [0, 0.05) is 11.4 Å². The number of carbonyl (C=O) groups excluding carboxylic acids is 1. The number of carbonyl (C=O) groups is 2. The highest BCUT2D eigenvalue weighted by Gasteiger charge is 2.15. The lowest BCUT2D eigenvalue weighted by molar-refractivity contribution is -0.133. The van der Waals surface area contributed by atoms with Crippen molar-refractivity contribution in [2.75, 3.05) is 11.5 Å². The number of hydrogen-bond donors (Lipinski definition) is 1. The summed E-state index contributed by atoms with van der Waals surface area (Å²) in [5, 5.41) is 10.6. The summed E-state index contributed by atoms with van der Waals surface area (Å²) < 4.78 is 0. The molecule has 1 aromatic carbocycles. The third-order valence-electron chi connectivity index (χ3n) is 2.95. The summed E-state index contributed by atoms with van der Waals surface area (Å²) in [5.74, 6) is -0.803. The monoisotopic (exact) mass is 335 g/mol. The lowest BCUT2D eigenvalue weighted by Crippen LogP contribution is -2.31. The predicted molar refractivity (Wildman–Crippen MR) is 90.0 cm³/mol. The molecule has 2 rings (SSSR count). The van der Waals surface area contributed by atoms with Gasteiger partial charge in [0.1, 0.15) is 0 Å². The fourth-order valence-corrected chi connectivity index (χ4v) is 3.30. The van der Waals surface area contributed by atoms with Crippen LogP contribution in [-0.2, 0) is 22.7 Å². The first-order valence-corrected chi connectivity index (χ1v) is 8.82. The van der Waals surface area contributed by atoms with Gasteiger partial charge in [-0.1, -0.05) is 36.4 Å². The van der Waals surface area contributed by atoms with Crippen LogP contribution in [0, 0.1) is 0 Å². The minimum atomic E-state index is -0.898.